The molecule has 3 rings (SSSR count). The first-order chi connectivity index (χ1) is 13.1. The summed E-state index contributed by atoms with van der Waals surface area (Å²) < 4.78 is 5.13. The fourth-order valence-corrected chi connectivity index (χ4v) is 3.33. The summed E-state index contributed by atoms with van der Waals surface area (Å²) >= 11 is 5.86. The monoisotopic (exact) mass is 383 g/mol. The fourth-order valence-electron chi connectivity index (χ4n) is 3.20. The van der Waals surface area contributed by atoms with Crippen LogP contribution in [0.1, 0.15) is 28.8 Å². The van der Waals surface area contributed by atoms with Crippen molar-refractivity contribution in [3.05, 3.63) is 70.8 Å². The minimum atomic E-state index is -0.0392. The van der Waals surface area contributed by atoms with Crippen LogP contribution in [-0.2, 0) is 4.79 Å². The normalized spacial score (nSPS) is 15.1. The van der Waals surface area contributed by atoms with Crippen molar-refractivity contribution in [3.63, 3.8) is 0 Å². The Kier molecular flexibility index (Phi) is 6.30. The number of ether oxygens (including phenoxy) is 1. The zero-order chi connectivity index (χ0) is 19.2. The van der Waals surface area contributed by atoms with E-state index in [-0.39, 0.29) is 17.6 Å². The average molecular weight is 384 g/mol. The molecule has 0 N–H and O–H groups in total. The van der Waals surface area contributed by atoms with Gasteiger partial charge in [0.2, 0.25) is 5.91 Å². The minimum absolute atomic E-state index is 0.0275. The quantitative estimate of drug-likeness (QED) is 0.564. The number of benzene rings is 2. The van der Waals surface area contributed by atoms with Crippen molar-refractivity contribution in [2.45, 2.75) is 12.8 Å². The van der Waals surface area contributed by atoms with Gasteiger partial charge < -0.3 is 9.64 Å². The number of hydrogen-bond donors (Lipinski definition) is 0. The van der Waals surface area contributed by atoms with Crippen LogP contribution in [0.4, 0.5) is 0 Å². The summed E-state index contributed by atoms with van der Waals surface area (Å²) in [6.07, 6.45) is 4.74. The van der Waals surface area contributed by atoms with Crippen molar-refractivity contribution >= 4 is 29.4 Å². The molecule has 1 fully saturated rings. The Hall–Kier alpha value is -2.59. The van der Waals surface area contributed by atoms with Crippen LogP contribution in [0, 0.1) is 5.92 Å². The van der Waals surface area contributed by atoms with Crippen LogP contribution in [0.3, 0.4) is 0 Å². The highest BCUT2D eigenvalue weighted by Gasteiger charge is 2.27. The summed E-state index contributed by atoms with van der Waals surface area (Å²) in [6, 6.07) is 14.5. The van der Waals surface area contributed by atoms with E-state index in [1.807, 2.05) is 12.1 Å². The van der Waals surface area contributed by atoms with Gasteiger partial charge in [-0.3, -0.25) is 9.59 Å². The number of amides is 1. The summed E-state index contributed by atoms with van der Waals surface area (Å²) in [4.78, 5) is 26.8. The van der Waals surface area contributed by atoms with E-state index in [4.69, 9.17) is 16.3 Å². The number of likely N-dealkylation sites (tertiary alicyclic amines) is 1. The molecule has 0 bridgehead atoms. The van der Waals surface area contributed by atoms with Gasteiger partial charge in [0.1, 0.15) is 5.75 Å². The van der Waals surface area contributed by atoms with Gasteiger partial charge in [-0.2, -0.15) is 0 Å². The Morgan fingerprint density at radius 2 is 1.67 bits per heavy atom. The number of carbonyl (C=O) groups excluding carboxylic acids is 2. The van der Waals surface area contributed by atoms with E-state index >= 15 is 0 Å². The van der Waals surface area contributed by atoms with E-state index in [1.165, 1.54) is 0 Å². The average Bonchev–Trinajstić information content (AvgIpc) is 2.73. The lowest BCUT2D eigenvalue weighted by Crippen LogP contribution is -2.39. The van der Waals surface area contributed by atoms with Gasteiger partial charge in [-0.15, -0.1) is 0 Å². The second-order valence-corrected chi connectivity index (χ2v) is 7.01. The molecule has 1 amide bonds. The molecule has 5 heteroatoms. The highest BCUT2D eigenvalue weighted by Crippen LogP contribution is 2.23. The Morgan fingerprint density at radius 3 is 2.26 bits per heavy atom. The first-order valence-electron chi connectivity index (χ1n) is 8.97. The molecule has 0 saturated carbocycles. The van der Waals surface area contributed by atoms with Crippen molar-refractivity contribution in [1.29, 1.82) is 0 Å². The fraction of sp³-hybridized carbons (Fsp3) is 0.273. The smallest absolute Gasteiger partial charge is 0.246 e. The molecule has 4 nitrogen and oxygen atoms in total. The third kappa shape index (κ3) is 4.98. The number of ketones is 1. The van der Waals surface area contributed by atoms with Crippen molar-refractivity contribution in [3.8, 4) is 5.75 Å². The lowest BCUT2D eigenvalue weighted by Gasteiger charge is -2.30. The van der Waals surface area contributed by atoms with Crippen LogP contribution >= 0.6 is 11.6 Å². The molecule has 1 aliphatic rings. The van der Waals surface area contributed by atoms with E-state index in [0.717, 1.165) is 11.3 Å². The molecule has 1 aliphatic heterocycles. The van der Waals surface area contributed by atoms with Crippen LogP contribution in [0.25, 0.3) is 6.08 Å². The maximum Gasteiger partial charge on any atom is 0.246 e. The molecule has 0 aromatic heterocycles. The van der Waals surface area contributed by atoms with Gasteiger partial charge in [-0.05, 0) is 60.9 Å². The number of nitrogens with zero attached hydrogens (tertiary/aromatic N) is 1. The van der Waals surface area contributed by atoms with Gasteiger partial charge in [0.05, 0.1) is 7.11 Å². The van der Waals surface area contributed by atoms with Crippen LogP contribution < -0.4 is 4.74 Å². The van der Waals surface area contributed by atoms with Gasteiger partial charge in [0.15, 0.2) is 5.78 Å². The molecule has 1 saturated heterocycles. The summed E-state index contributed by atoms with van der Waals surface area (Å²) in [6.45, 7) is 1.19. The van der Waals surface area contributed by atoms with Crippen molar-refractivity contribution in [1.82, 2.24) is 4.90 Å². The molecule has 140 valence electrons. The summed E-state index contributed by atoms with van der Waals surface area (Å²) in [5.41, 5.74) is 1.63. The topological polar surface area (TPSA) is 46.6 Å². The molecule has 2 aromatic rings. The predicted octanol–water partition coefficient (Wildman–Crippen LogP) is 4.48. The molecule has 0 unspecified atom stereocenters. The van der Waals surface area contributed by atoms with Crippen molar-refractivity contribution in [2.75, 3.05) is 20.2 Å². The van der Waals surface area contributed by atoms with Gasteiger partial charge in [-0.25, -0.2) is 0 Å². The maximum absolute atomic E-state index is 12.6. The number of rotatable bonds is 5. The van der Waals surface area contributed by atoms with Crippen molar-refractivity contribution < 1.29 is 14.3 Å². The highest BCUT2D eigenvalue weighted by molar-refractivity contribution is 6.30. The molecular formula is C22H22ClNO3. The third-order valence-corrected chi connectivity index (χ3v) is 5.09. The van der Waals surface area contributed by atoms with E-state index in [2.05, 4.69) is 0 Å². The van der Waals surface area contributed by atoms with Crippen LogP contribution in [0.15, 0.2) is 54.6 Å². The second-order valence-electron chi connectivity index (χ2n) is 6.58. The minimum Gasteiger partial charge on any atom is -0.497 e. The van der Waals surface area contributed by atoms with Gasteiger partial charge in [-0.1, -0.05) is 23.7 Å². The summed E-state index contributed by atoms with van der Waals surface area (Å²) in [5.74, 6) is 0.809. The van der Waals surface area contributed by atoms with E-state index in [9.17, 15) is 9.59 Å². The Morgan fingerprint density at radius 1 is 1.04 bits per heavy atom. The standard InChI is InChI=1S/C22H22ClNO3/c1-27-20-9-5-17(6-10-20)22(26)18-12-14-24(15-13-18)21(25)11-4-16-2-7-19(23)8-3-16/h2-11,18H,12-15H2,1H3. The summed E-state index contributed by atoms with van der Waals surface area (Å²) in [7, 11) is 1.60. The first-order valence-corrected chi connectivity index (χ1v) is 9.35. The third-order valence-electron chi connectivity index (χ3n) is 4.84. The largest absolute Gasteiger partial charge is 0.497 e. The van der Waals surface area contributed by atoms with E-state index < -0.39 is 0 Å². The van der Waals surface area contributed by atoms with Crippen LogP contribution in [0.2, 0.25) is 5.02 Å². The lowest BCUT2D eigenvalue weighted by molar-refractivity contribution is -0.127. The van der Waals surface area contributed by atoms with Crippen molar-refractivity contribution in [2.24, 2.45) is 5.92 Å². The Balaban J connectivity index is 1.53. The zero-order valence-corrected chi connectivity index (χ0v) is 16.0. The van der Waals surface area contributed by atoms with Gasteiger partial charge >= 0.3 is 0 Å². The molecule has 1 heterocycles. The lowest BCUT2D eigenvalue weighted by atomic mass is 9.89. The number of methoxy groups -OCH3 is 1. The number of hydrogen-bond acceptors (Lipinski definition) is 3. The predicted molar refractivity (Wildman–Crippen MR) is 107 cm³/mol. The second kappa shape index (κ2) is 8.87. The number of halogens is 1. The zero-order valence-electron chi connectivity index (χ0n) is 15.2. The molecule has 27 heavy (non-hydrogen) atoms. The molecule has 0 spiro atoms. The van der Waals surface area contributed by atoms with E-state index in [1.54, 1.807) is 60.6 Å². The number of piperidine rings is 1. The Bertz CT molecular complexity index is 820. The first kappa shape index (κ1) is 19.2. The molecule has 0 aliphatic carbocycles. The molecule has 0 atom stereocenters. The van der Waals surface area contributed by atoms with E-state index in [0.29, 0.717) is 36.5 Å². The number of Topliss-reactive ketones (excluding diaryl/α,β-unsaturated/α-hetero) is 1. The summed E-state index contributed by atoms with van der Waals surface area (Å²) in [5, 5.41) is 0.669. The SMILES string of the molecule is COc1ccc(C(=O)C2CCN(C(=O)C=Cc3ccc(Cl)cc3)CC2)cc1. The Labute approximate surface area is 164 Å². The molecule has 2 aromatic carbocycles. The van der Waals surface area contributed by atoms with Crippen LogP contribution in [-0.4, -0.2) is 36.8 Å². The number of carbonyl (C=O) groups is 2. The molecule has 0 radical (unpaired) electrons. The van der Waals surface area contributed by atoms with Crippen LogP contribution in [0.5, 0.6) is 5.75 Å². The maximum atomic E-state index is 12.6. The highest BCUT2D eigenvalue weighted by atomic mass is 35.5. The van der Waals surface area contributed by atoms with Gasteiger partial charge in [0, 0.05) is 35.7 Å². The molecular weight excluding hydrogens is 362 g/mol. The van der Waals surface area contributed by atoms with Gasteiger partial charge in [0.25, 0.3) is 0 Å².